The van der Waals surface area contributed by atoms with Crippen LogP contribution in [0.5, 0.6) is 17.2 Å². The number of methoxy groups -OCH3 is 4. The van der Waals surface area contributed by atoms with Gasteiger partial charge < -0.3 is 18.9 Å². The number of carbonyl (C=O) groups is 1. The highest BCUT2D eigenvalue weighted by atomic mass is 16.5. The molecule has 0 spiro atoms. The minimum Gasteiger partial charge on any atom is -0.493 e. The number of benzene rings is 1. The fourth-order valence-corrected chi connectivity index (χ4v) is 2.07. The van der Waals surface area contributed by atoms with Crippen molar-refractivity contribution in [3.8, 4) is 28.5 Å². The predicted molar refractivity (Wildman–Crippen MR) is 77.9 cm³/mol. The Morgan fingerprint density at radius 3 is 2.05 bits per heavy atom. The van der Waals surface area contributed by atoms with Gasteiger partial charge in [0.1, 0.15) is 0 Å². The summed E-state index contributed by atoms with van der Waals surface area (Å²) in [5, 5.41) is 2.37. The molecule has 0 saturated carbocycles. The van der Waals surface area contributed by atoms with Gasteiger partial charge in [0, 0.05) is 11.6 Å². The van der Waals surface area contributed by atoms with Gasteiger partial charge in [0.25, 0.3) is 5.56 Å². The summed E-state index contributed by atoms with van der Waals surface area (Å²) in [6.07, 6.45) is -0.717. The van der Waals surface area contributed by atoms with Gasteiger partial charge in [0.15, 0.2) is 11.5 Å². The maximum Gasteiger partial charge on any atom is 0.433 e. The molecular weight excluding hydrogens is 292 g/mol. The summed E-state index contributed by atoms with van der Waals surface area (Å²) in [7, 11) is 5.66. The molecule has 1 heterocycles. The van der Waals surface area contributed by atoms with Crippen molar-refractivity contribution >= 4 is 6.09 Å². The van der Waals surface area contributed by atoms with Crippen molar-refractivity contribution in [2.45, 2.75) is 0 Å². The van der Waals surface area contributed by atoms with Crippen molar-refractivity contribution in [2.24, 2.45) is 0 Å². The number of aromatic amines is 1. The van der Waals surface area contributed by atoms with Crippen LogP contribution >= 0.6 is 0 Å². The number of rotatable bonds is 4. The quantitative estimate of drug-likeness (QED) is 0.920. The molecule has 0 bridgehead atoms. The molecule has 0 aliphatic heterocycles. The van der Waals surface area contributed by atoms with Crippen molar-refractivity contribution in [1.29, 1.82) is 0 Å². The molecule has 8 nitrogen and oxygen atoms in total. The summed E-state index contributed by atoms with van der Waals surface area (Å²) in [5.74, 6) is 1.22. The molecule has 0 saturated heterocycles. The first-order valence-electron chi connectivity index (χ1n) is 6.26. The van der Waals surface area contributed by atoms with Gasteiger partial charge >= 0.3 is 6.09 Å². The molecular formula is C14H16N2O6. The lowest BCUT2D eigenvalue weighted by molar-refractivity contribution is 0.169. The second kappa shape index (κ2) is 6.25. The van der Waals surface area contributed by atoms with E-state index in [2.05, 4.69) is 9.84 Å². The van der Waals surface area contributed by atoms with E-state index in [1.807, 2.05) is 0 Å². The third-order valence-corrected chi connectivity index (χ3v) is 3.05. The van der Waals surface area contributed by atoms with Crippen LogP contribution in [0.3, 0.4) is 0 Å². The van der Waals surface area contributed by atoms with Crippen molar-refractivity contribution < 1.29 is 23.7 Å². The van der Waals surface area contributed by atoms with E-state index in [4.69, 9.17) is 14.2 Å². The van der Waals surface area contributed by atoms with Gasteiger partial charge in [-0.2, -0.15) is 4.68 Å². The van der Waals surface area contributed by atoms with Gasteiger partial charge in [-0.25, -0.2) is 4.79 Å². The molecule has 1 aromatic carbocycles. The van der Waals surface area contributed by atoms with E-state index in [0.717, 1.165) is 4.68 Å². The Balaban J connectivity index is 2.68. The highest BCUT2D eigenvalue weighted by Gasteiger charge is 2.19. The van der Waals surface area contributed by atoms with Crippen LogP contribution in [-0.2, 0) is 4.74 Å². The summed E-state index contributed by atoms with van der Waals surface area (Å²) < 4.78 is 21.4. The first-order valence-corrected chi connectivity index (χ1v) is 6.26. The van der Waals surface area contributed by atoms with Crippen LogP contribution in [0.15, 0.2) is 23.0 Å². The van der Waals surface area contributed by atoms with Crippen molar-refractivity contribution in [3.05, 3.63) is 28.6 Å². The molecule has 1 N–H and O–H groups in total. The highest BCUT2D eigenvalue weighted by molar-refractivity contribution is 5.78. The lowest BCUT2D eigenvalue weighted by atomic mass is 10.1. The van der Waals surface area contributed by atoms with Gasteiger partial charge in [-0.05, 0) is 12.1 Å². The molecule has 0 atom stereocenters. The van der Waals surface area contributed by atoms with E-state index in [1.54, 1.807) is 12.1 Å². The first kappa shape index (κ1) is 15.5. The summed E-state index contributed by atoms with van der Waals surface area (Å²) in [6, 6.07) is 4.53. The van der Waals surface area contributed by atoms with Crippen LogP contribution in [-0.4, -0.2) is 44.3 Å². The highest BCUT2D eigenvalue weighted by Crippen LogP contribution is 2.40. The van der Waals surface area contributed by atoms with Crippen LogP contribution in [0.2, 0.25) is 0 Å². The number of ether oxygens (including phenoxy) is 4. The second-order valence-corrected chi connectivity index (χ2v) is 4.23. The average Bonchev–Trinajstić information content (AvgIpc) is 2.94. The number of hydrogen-bond acceptors (Lipinski definition) is 6. The molecule has 1 aromatic heterocycles. The number of hydrogen-bond donors (Lipinski definition) is 1. The fourth-order valence-electron chi connectivity index (χ4n) is 2.07. The Hall–Kier alpha value is -2.90. The molecule has 8 heteroatoms. The summed E-state index contributed by atoms with van der Waals surface area (Å²) in [6.45, 7) is 0. The number of carbonyl (C=O) groups excluding carboxylic acids is 1. The molecule has 2 aromatic rings. The van der Waals surface area contributed by atoms with Crippen LogP contribution < -0.4 is 19.8 Å². The minimum atomic E-state index is -0.717. The number of aromatic nitrogens is 2. The van der Waals surface area contributed by atoms with E-state index in [9.17, 15) is 9.59 Å². The molecule has 22 heavy (non-hydrogen) atoms. The van der Waals surface area contributed by atoms with E-state index in [1.165, 1.54) is 34.5 Å². The third kappa shape index (κ3) is 2.62. The molecule has 0 amide bonds. The third-order valence-electron chi connectivity index (χ3n) is 3.05. The lowest BCUT2D eigenvalue weighted by Crippen LogP contribution is -2.16. The van der Waals surface area contributed by atoms with Crippen LogP contribution in [0.4, 0.5) is 4.79 Å². The minimum absolute atomic E-state index is 0.316. The van der Waals surface area contributed by atoms with Crippen LogP contribution in [0.1, 0.15) is 0 Å². The predicted octanol–water partition coefficient (Wildman–Crippen LogP) is 1.48. The van der Waals surface area contributed by atoms with E-state index in [0.29, 0.717) is 28.5 Å². The summed E-state index contributed by atoms with van der Waals surface area (Å²) in [4.78, 5) is 23.3. The average molecular weight is 308 g/mol. The Morgan fingerprint density at radius 2 is 1.59 bits per heavy atom. The fraction of sp³-hybridized carbons (Fsp3) is 0.286. The van der Waals surface area contributed by atoms with E-state index >= 15 is 0 Å². The van der Waals surface area contributed by atoms with E-state index in [-0.39, 0.29) is 0 Å². The Bertz CT molecular complexity index is 721. The zero-order chi connectivity index (χ0) is 16.3. The number of H-pyrrole nitrogens is 1. The zero-order valence-corrected chi connectivity index (χ0v) is 12.6. The van der Waals surface area contributed by atoms with Gasteiger partial charge in [-0.15, -0.1) is 0 Å². The Labute approximate surface area is 126 Å². The molecule has 0 aliphatic carbocycles. The van der Waals surface area contributed by atoms with Crippen molar-refractivity contribution in [3.63, 3.8) is 0 Å². The molecule has 0 aliphatic rings. The lowest BCUT2D eigenvalue weighted by Gasteiger charge is -2.14. The number of nitrogens with one attached hydrogen (secondary N) is 1. The molecule has 0 fully saturated rings. The van der Waals surface area contributed by atoms with Crippen molar-refractivity contribution in [2.75, 3.05) is 28.4 Å². The monoisotopic (exact) mass is 308 g/mol. The van der Waals surface area contributed by atoms with E-state index < -0.39 is 11.7 Å². The number of nitrogens with zero attached hydrogens (tertiary/aromatic N) is 1. The molecule has 0 radical (unpaired) electrons. The SMILES string of the molecule is COC(=O)n1[nH]c(=O)cc1-c1cc(OC)c(OC)c(OC)c1. The standard InChI is InChI=1S/C14H16N2O6/c1-19-10-5-8(6-11(20-2)13(10)21-3)9-7-12(17)15-16(9)14(18)22-4/h5-7H,1-4H3,(H,15,17). The van der Waals surface area contributed by atoms with Crippen LogP contribution in [0.25, 0.3) is 11.3 Å². The maximum atomic E-state index is 11.7. The second-order valence-electron chi connectivity index (χ2n) is 4.23. The van der Waals surface area contributed by atoms with Gasteiger partial charge in [-0.1, -0.05) is 0 Å². The Morgan fingerprint density at radius 1 is 1.00 bits per heavy atom. The maximum absolute atomic E-state index is 11.7. The summed E-state index contributed by atoms with van der Waals surface area (Å²) in [5.41, 5.74) is 0.406. The van der Waals surface area contributed by atoms with Crippen molar-refractivity contribution in [1.82, 2.24) is 9.78 Å². The normalized spacial score (nSPS) is 10.2. The van der Waals surface area contributed by atoms with Crippen LogP contribution in [0, 0.1) is 0 Å². The summed E-state index contributed by atoms with van der Waals surface area (Å²) >= 11 is 0. The molecule has 0 unspecified atom stereocenters. The van der Waals surface area contributed by atoms with Gasteiger partial charge in [-0.3, -0.25) is 9.89 Å². The topological polar surface area (TPSA) is 91.8 Å². The largest absolute Gasteiger partial charge is 0.493 e. The van der Waals surface area contributed by atoms with Gasteiger partial charge in [0.2, 0.25) is 5.75 Å². The molecule has 118 valence electrons. The van der Waals surface area contributed by atoms with Gasteiger partial charge in [0.05, 0.1) is 34.1 Å². The first-order chi connectivity index (χ1) is 10.5. The molecule has 2 rings (SSSR count). The smallest absolute Gasteiger partial charge is 0.433 e. The Kier molecular flexibility index (Phi) is 4.40. The zero-order valence-electron chi connectivity index (χ0n) is 12.6.